The van der Waals surface area contributed by atoms with Gasteiger partial charge in [0.25, 0.3) is 0 Å². The molecule has 0 fully saturated rings. The Morgan fingerprint density at radius 2 is 1.69 bits per heavy atom. The standard InChI is InChI=1S/C10H12O2.ClH/c1-7-3-8(2)5-9(4-7)6-10(11)12;/h3-5H,6H2,1-2H3,(H,11,12);1H. The summed E-state index contributed by atoms with van der Waals surface area (Å²) in [4.78, 5) is 10.4. The lowest BCUT2D eigenvalue weighted by atomic mass is 10.1. The van der Waals surface area contributed by atoms with Crippen molar-refractivity contribution < 1.29 is 9.90 Å². The van der Waals surface area contributed by atoms with Gasteiger partial charge in [-0.3, -0.25) is 4.79 Å². The van der Waals surface area contributed by atoms with Gasteiger partial charge in [0.2, 0.25) is 0 Å². The van der Waals surface area contributed by atoms with Gasteiger partial charge in [0.05, 0.1) is 6.42 Å². The lowest BCUT2D eigenvalue weighted by Gasteiger charge is -2.01. The topological polar surface area (TPSA) is 37.3 Å². The third-order valence-electron chi connectivity index (χ3n) is 1.64. The summed E-state index contributed by atoms with van der Waals surface area (Å²) < 4.78 is 0. The second-order valence-electron chi connectivity index (χ2n) is 3.07. The van der Waals surface area contributed by atoms with Crippen molar-refractivity contribution in [1.82, 2.24) is 0 Å². The van der Waals surface area contributed by atoms with Crippen LogP contribution in [0.1, 0.15) is 16.7 Å². The molecular formula is C10H13ClO2. The van der Waals surface area contributed by atoms with E-state index >= 15 is 0 Å². The van der Waals surface area contributed by atoms with Crippen LogP contribution in [0.5, 0.6) is 0 Å². The smallest absolute Gasteiger partial charge is 0.307 e. The lowest BCUT2D eigenvalue weighted by molar-refractivity contribution is -0.136. The largest absolute Gasteiger partial charge is 0.481 e. The van der Waals surface area contributed by atoms with Gasteiger partial charge < -0.3 is 5.11 Å². The van der Waals surface area contributed by atoms with Gasteiger partial charge in [-0.25, -0.2) is 0 Å². The Morgan fingerprint density at radius 3 is 2.08 bits per heavy atom. The molecule has 0 amide bonds. The van der Waals surface area contributed by atoms with Crippen molar-refractivity contribution in [2.45, 2.75) is 20.3 Å². The third-order valence-corrected chi connectivity index (χ3v) is 1.64. The fourth-order valence-electron chi connectivity index (χ4n) is 1.35. The Bertz CT molecular complexity index is 288. The summed E-state index contributed by atoms with van der Waals surface area (Å²) in [7, 11) is 0. The molecule has 72 valence electrons. The zero-order valence-electron chi connectivity index (χ0n) is 7.70. The molecule has 0 saturated heterocycles. The van der Waals surface area contributed by atoms with Crippen LogP contribution in [-0.2, 0) is 11.2 Å². The highest BCUT2D eigenvalue weighted by Gasteiger charge is 2.00. The average Bonchev–Trinajstić information content (AvgIpc) is 1.81. The number of aryl methyl sites for hydroxylation is 2. The van der Waals surface area contributed by atoms with Crippen LogP contribution < -0.4 is 0 Å². The van der Waals surface area contributed by atoms with Gasteiger partial charge in [-0.15, -0.1) is 12.4 Å². The predicted octanol–water partition coefficient (Wildman–Crippen LogP) is 2.35. The summed E-state index contributed by atoms with van der Waals surface area (Å²) in [6.07, 6.45) is 0.114. The highest BCUT2D eigenvalue weighted by Crippen LogP contribution is 2.09. The third kappa shape index (κ3) is 3.95. The summed E-state index contributed by atoms with van der Waals surface area (Å²) in [5, 5.41) is 8.55. The number of carbonyl (C=O) groups is 1. The number of halogens is 1. The molecule has 0 saturated carbocycles. The van der Waals surface area contributed by atoms with Crippen LogP contribution in [0.25, 0.3) is 0 Å². The molecule has 1 rings (SSSR count). The number of hydrogen-bond donors (Lipinski definition) is 1. The first-order valence-corrected chi connectivity index (χ1v) is 3.87. The van der Waals surface area contributed by atoms with Crippen molar-refractivity contribution in [3.63, 3.8) is 0 Å². The summed E-state index contributed by atoms with van der Waals surface area (Å²) in [5.41, 5.74) is 3.11. The van der Waals surface area contributed by atoms with Crippen LogP contribution in [-0.4, -0.2) is 11.1 Å². The minimum Gasteiger partial charge on any atom is -0.481 e. The first-order valence-electron chi connectivity index (χ1n) is 3.87. The molecule has 1 N–H and O–H groups in total. The quantitative estimate of drug-likeness (QED) is 0.796. The van der Waals surface area contributed by atoms with Crippen molar-refractivity contribution in [1.29, 1.82) is 0 Å². The van der Waals surface area contributed by atoms with Crippen molar-refractivity contribution in [3.05, 3.63) is 34.9 Å². The molecule has 0 aliphatic heterocycles. The van der Waals surface area contributed by atoms with Gasteiger partial charge in [0.1, 0.15) is 0 Å². The number of benzene rings is 1. The SMILES string of the molecule is Cc1cc(C)cc(CC(=O)O)c1.Cl. The van der Waals surface area contributed by atoms with Crippen molar-refractivity contribution in [2.75, 3.05) is 0 Å². The van der Waals surface area contributed by atoms with Gasteiger partial charge in [-0.1, -0.05) is 29.3 Å². The van der Waals surface area contributed by atoms with Crippen molar-refractivity contribution in [2.24, 2.45) is 0 Å². The fourth-order valence-corrected chi connectivity index (χ4v) is 1.35. The Morgan fingerprint density at radius 1 is 1.23 bits per heavy atom. The first kappa shape index (κ1) is 12.0. The molecule has 13 heavy (non-hydrogen) atoms. The van der Waals surface area contributed by atoms with E-state index in [1.165, 1.54) is 0 Å². The number of carboxylic acid groups (broad SMARTS) is 1. The highest BCUT2D eigenvalue weighted by atomic mass is 35.5. The zero-order chi connectivity index (χ0) is 9.14. The molecule has 0 unspecified atom stereocenters. The highest BCUT2D eigenvalue weighted by molar-refractivity contribution is 5.85. The van der Waals surface area contributed by atoms with E-state index in [1.807, 2.05) is 32.0 Å². The fraction of sp³-hybridized carbons (Fsp3) is 0.300. The molecule has 0 aromatic heterocycles. The van der Waals surface area contributed by atoms with Crippen molar-refractivity contribution in [3.8, 4) is 0 Å². The molecule has 0 bridgehead atoms. The van der Waals surface area contributed by atoms with E-state index in [-0.39, 0.29) is 18.8 Å². The molecule has 0 radical (unpaired) electrons. The maximum absolute atomic E-state index is 10.4. The second kappa shape index (κ2) is 4.87. The van der Waals surface area contributed by atoms with Crippen LogP contribution in [0.2, 0.25) is 0 Å². The number of hydrogen-bond acceptors (Lipinski definition) is 1. The Labute approximate surface area is 84.0 Å². The molecule has 0 aliphatic rings. The van der Waals surface area contributed by atoms with Gasteiger partial charge in [0.15, 0.2) is 0 Å². The van der Waals surface area contributed by atoms with E-state index in [2.05, 4.69) is 0 Å². The summed E-state index contributed by atoms with van der Waals surface area (Å²) in [5.74, 6) is -0.778. The molecule has 2 nitrogen and oxygen atoms in total. The maximum Gasteiger partial charge on any atom is 0.307 e. The van der Waals surface area contributed by atoms with E-state index < -0.39 is 5.97 Å². The second-order valence-corrected chi connectivity index (χ2v) is 3.07. The number of carboxylic acids is 1. The summed E-state index contributed by atoms with van der Waals surface area (Å²) >= 11 is 0. The van der Waals surface area contributed by atoms with Gasteiger partial charge in [0, 0.05) is 0 Å². The molecule has 1 aromatic rings. The molecular weight excluding hydrogens is 188 g/mol. The van der Waals surface area contributed by atoms with E-state index in [1.54, 1.807) is 0 Å². The molecule has 0 heterocycles. The normalized spacial score (nSPS) is 9.08. The lowest BCUT2D eigenvalue weighted by Crippen LogP contribution is -2.00. The maximum atomic E-state index is 10.4. The first-order chi connectivity index (χ1) is 5.58. The monoisotopic (exact) mass is 200 g/mol. The zero-order valence-corrected chi connectivity index (χ0v) is 8.52. The van der Waals surface area contributed by atoms with Crippen LogP contribution in [0, 0.1) is 13.8 Å². The number of rotatable bonds is 2. The molecule has 0 aliphatic carbocycles. The van der Waals surface area contributed by atoms with Crippen LogP contribution in [0.15, 0.2) is 18.2 Å². The Balaban J connectivity index is 0.00000144. The van der Waals surface area contributed by atoms with Crippen molar-refractivity contribution >= 4 is 18.4 Å². The van der Waals surface area contributed by atoms with E-state index in [0.717, 1.165) is 16.7 Å². The van der Waals surface area contributed by atoms with Crippen LogP contribution >= 0.6 is 12.4 Å². The predicted molar refractivity (Wildman–Crippen MR) is 54.5 cm³/mol. The number of aliphatic carboxylic acids is 1. The minimum absolute atomic E-state index is 0. The summed E-state index contributed by atoms with van der Waals surface area (Å²) in [6, 6.07) is 5.84. The molecule has 0 spiro atoms. The van der Waals surface area contributed by atoms with E-state index in [0.29, 0.717) is 0 Å². The Hall–Kier alpha value is -1.02. The van der Waals surface area contributed by atoms with E-state index in [9.17, 15) is 4.79 Å². The molecule has 1 aromatic carbocycles. The van der Waals surface area contributed by atoms with Gasteiger partial charge in [-0.05, 0) is 19.4 Å². The Kier molecular flexibility index (Phi) is 4.49. The van der Waals surface area contributed by atoms with Gasteiger partial charge >= 0.3 is 5.97 Å². The van der Waals surface area contributed by atoms with E-state index in [4.69, 9.17) is 5.11 Å². The molecule has 0 atom stereocenters. The summed E-state index contributed by atoms with van der Waals surface area (Å²) in [6.45, 7) is 3.94. The van der Waals surface area contributed by atoms with Crippen LogP contribution in [0.3, 0.4) is 0 Å². The van der Waals surface area contributed by atoms with Crippen LogP contribution in [0.4, 0.5) is 0 Å². The molecule has 3 heteroatoms. The van der Waals surface area contributed by atoms with Gasteiger partial charge in [-0.2, -0.15) is 0 Å². The average molecular weight is 201 g/mol. The minimum atomic E-state index is -0.778.